The van der Waals surface area contributed by atoms with Crippen molar-refractivity contribution in [3.63, 3.8) is 0 Å². The van der Waals surface area contributed by atoms with Crippen molar-refractivity contribution >= 4 is 21.4 Å². The second-order valence-corrected chi connectivity index (χ2v) is 6.53. The average molecular weight is 285 g/mol. The number of ether oxygens (including phenoxy) is 1. The Bertz CT molecular complexity index is 564. The van der Waals surface area contributed by atoms with Crippen molar-refractivity contribution in [2.45, 2.75) is 31.0 Å². The summed E-state index contributed by atoms with van der Waals surface area (Å²) in [4.78, 5) is 2.10. The first-order chi connectivity index (χ1) is 8.75. The number of sulfonamides is 1. The summed E-state index contributed by atoms with van der Waals surface area (Å²) in [6.45, 7) is 5.35. The van der Waals surface area contributed by atoms with Gasteiger partial charge in [-0.1, -0.05) is 0 Å². The topological polar surface area (TPSA) is 98.6 Å². The largest absolute Gasteiger partial charge is 0.399 e. The number of benzene rings is 1. The SMILES string of the molecule is CC1CN(c2cc(N)cc(S(N)(=O)=O)c2)CC(C)O1. The van der Waals surface area contributed by atoms with Crippen LogP contribution in [0.15, 0.2) is 23.1 Å². The van der Waals surface area contributed by atoms with Crippen LogP contribution in [0.1, 0.15) is 13.8 Å². The quantitative estimate of drug-likeness (QED) is 0.772. The lowest BCUT2D eigenvalue weighted by molar-refractivity contribution is -0.00522. The molecule has 2 rings (SSSR count). The number of nitrogen functional groups attached to an aromatic ring is 1. The molecule has 1 saturated heterocycles. The number of nitrogens with two attached hydrogens (primary N) is 2. The van der Waals surface area contributed by atoms with Crippen LogP contribution in [0.5, 0.6) is 0 Å². The third kappa shape index (κ3) is 3.37. The van der Waals surface area contributed by atoms with Crippen LogP contribution in [-0.4, -0.2) is 33.7 Å². The zero-order valence-electron chi connectivity index (χ0n) is 11.0. The zero-order valence-corrected chi connectivity index (χ0v) is 11.9. The molecule has 1 aromatic rings. The van der Waals surface area contributed by atoms with E-state index in [1.165, 1.54) is 6.07 Å². The van der Waals surface area contributed by atoms with Crippen molar-refractivity contribution in [1.29, 1.82) is 0 Å². The molecule has 1 aliphatic rings. The first-order valence-corrected chi connectivity index (χ1v) is 7.64. The van der Waals surface area contributed by atoms with E-state index in [0.29, 0.717) is 18.8 Å². The Morgan fingerprint density at radius 2 is 1.79 bits per heavy atom. The van der Waals surface area contributed by atoms with E-state index in [9.17, 15) is 8.42 Å². The predicted molar refractivity (Wildman–Crippen MR) is 74.4 cm³/mol. The van der Waals surface area contributed by atoms with Gasteiger partial charge in [0.2, 0.25) is 10.0 Å². The molecule has 7 heteroatoms. The lowest BCUT2D eigenvalue weighted by Gasteiger charge is -2.37. The zero-order chi connectivity index (χ0) is 14.2. The van der Waals surface area contributed by atoms with Gasteiger partial charge in [-0.05, 0) is 32.0 Å². The minimum atomic E-state index is -3.75. The number of primary sulfonamides is 1. The summed E-state index contributed by atoms with van der Waals surface area (Å²) >= 11 is 0. The van der Waals surface area contributed by atoms with Gasteiger partial charge in [0, 0.05) is 24.5 Å². The highest BCUT2D eigenvalue weighted by Crippen LogP contribution is 2.25. The smallest absolute Gasteiger partial charge is 0.238 e. The molecule has 0 radical (unpaired) electrons. The lowest BCUT2D eigenvalue weighted by atomic mass is 10.2. The molecule has 0 spiro atoms. The fourth-order valence-electron chi connectivity index (χ4n) is 2.34. The van der Waals surface area contributed by atoms with Crippen molar-refractivity contribution in [1.82, 2.24) is 0 Å². The number of hydrogen-bond donors (Lipinski definition) is 2. The Kier molecular flexibility index (Phi) is 3.71. The Labute approximate surface area is 113 Å². The molecule has 1 aromatic carbocycles. The first kappa shape index (κ1) is 14.1. The van der Waals surface area contributed by atoms with Gasteiger partial charge in [-0.3, -0.25) is 0 Å². The minimum Gasteiger partial charge on any atom is -0.399 e. The summed E-state index contributed by atoms with van der Waals surface area (Å²) in [6, 6.07) is 4.67. The molecule has 6 nitrogen and oxygen atoms in total. The van der Waals surface area contributed by atoms with Gasteiger partial charge in [0.1, 0.15) is 0 Å². The van der Waals surface area contributed by atoms with Gasteiger partial charge in [-0.15, -0.1) is 0 Å². The molecule has 19 heavy (non-hydrogen) atoms. The Morgan fingerprint density at radius 3 is 2.32 bits per heavy atom. The van der Waals surface area contributed by atoms with Gasteiger partial charge in [-0.25, -0.2) is 13.6 Å². The van der Waals surface area contributed by atoms with Gasteiger partial charge in [-0.2, -0.15) is 0 Å². The standard InChI is InChI=1S/C12H19N3O3S/c1-8-6-15(7-9(2)18-8)11-3-10(13)4-12(5-11)19(14,16)17/h3-5,8-9H,6-7,13H2,1-2H3,(H2,14,16,17). The maximum absolute atomic E-state index is 11.4. The molecular formula is C12H19N3O3S. The second-order valence-electron chi connectivity index (χ2n) is 4.97. The molecule has 1 fully saturated rings. The molecule has 1 aliphatic heterocycles. The van der Waals surface area contributed by atoms with Crippen molar-refractivity contribution < 1.29 is 13.2 Å². The molecule has 2 unspecified atom stereocenters. The normalized spacial score (nSPS) is 24.5. The van der Waals surface area contributed by atoms with Crippen molar-refractivity contribution in [2.75, 3.05) is 23.7 Å². The predicted octanol–water partition coefficient (Wildman–Crippen LogP) is 0.530. The van der Waals surface area contributed by atoms with Crippen LogP contribution in [-0.2, 0) is 14.8 Å². The van der Waals surface area contributed by atoms with Crippen LogP contribution in [0.4, 0.5) is 11.4 Å². The summed E-state index contributed by atoms with van der Waals surface area (Å²) in [7, 11) is -3.75. The first-order valence-electron chi connectivity index (χ1n) is 6.09. The lowest BCUT2D eigenvalue weighted by Crippen LogP contribution is -2.45. The molecule has 0 bridgehead atoms. The molecule has 0 amide bonds. The number of nitrogens with zero attached hydrogens (tertiary/aromatic N) is 1. The summed E-state index contributed by atoms with van der Waals surface area (Å²) in [5.74, 6) is 0. The van der Waals surface area contributed by atoms with E-state index in [4.69, 9.17) is 15.6 Å². The third-order valence-corrected chi connectivity index (χ3v) is 3.92. The number of rotatable bonds is 2. The summed E-state index contributed by atoms with van der Waals surface area (Å²) < 4.78 is 28.5. The second kappa shape index (κ2) is 4.99. The highest BCUT2D eigenvalue weighted by Gasteiger charge is 2.23. The fourth-order valence-corrected chi connectivity index (χ4v) is 2.93. The molecule has 106 valence electrons. The van der Waals surface area contributed by atoms with E-state index >= 15 is 0 Å². The number of hydrogen-bond acceptors (Lipinski definition) is 5. The maximum atomic E-state index is 11.4. The number of morpholine rings is 1. The molecule has 0 saturated carbocycles. The fraction of sp³-hybridized carbons (Fsp3) is 0.500. The van der Waals surface area contributed by atoms with Gasteiger partial charge in [0.15, 0.2) is 0 Å². The average Bonchev–Trinajstić information content (AvgIpc) is 2.25. The maximum Gasteiger partial charge on any atom is 0.238 e. The van der Waals surface area contributed by atoms with E-state index in [0.717, 1.165) is 5.69 Å². The summed E-state index contributed by atoms with van der Waals surface area (Å²) in [5, 5.41) is 5.15. The van der Waals surface area contributed by atoms with Crippen LogP contribution in [0.25, 0.3) is 0 Å². The number of anilines is 2. The van der Waals surface area contributed by atoms with Crippen LogP contribution >= 0.6 is 0 Å². The molecule has 1 heterocycles. The molecular weight excluding hydrogens is 266 g/mol. The Morgan fingerprint density at radius 1 is 1.21 bits per heavy atom. The van der Waals surface area contributed by atoms with Crippen LogP contribution in [0.2, 0.25) is 0 Å². The van der Waals surface area contributed by atoms with Crippen LogP contribution in [0.3, 0.4) is 0 Å². The van der Waals surface area contributed by atoms with Crippen molar-refractivity contribution in [3.05, 3.63) is 18.2 Å². The highest BCUT2D eigenvalue weighted by atomic mass is 32.2. The minimum absolute atomic E-state index is 0.0364. The molecule has 4 N–H and O–H groups in total. The van der Waals surface area contributed by atoms with Gasteiger partial charge in [0.05, 0.1) is 17.1 Å². The molecule has 0 aliphatic carbocycles. The van der Waals surface area contributed by atoms with E-state index in [1.807, 2.05) is 13.8 Å². The Balaban J connectivity index is 2.37. The van der Waals surface area contributed by atoms with Gasteiger partial charge >= 0.3 is 0 Å². The van der Waals surface area contributed by atoms with Gasteiger partial charge < -0.3 is 15.4 Å². The molecule has 2 atom stereocenters. The van der Waals surface area contributed by atoms with Gasteiger partial charge in [0.25, 0.3) is 0 Å². The third-order valence-electron chi connectivity index (χ3n) is 3.03. The van der Waals surface area contributed by atoms with E-state index in [1.54, 1.807) is 12.1 Å². The summed E-state index contributed by atoms with van der Waals surface area (Å²) in [5.41, 5.74) is 6.89. The van der Waals surface area contributed by atoms with Crippen LogP contribution in [0, 0.1) is 0 Å². The monoisotopic (exact) mass is 285 g/mol. The van der Waals surface area contributed by atoms with E-state index in [2.05, 4.69) is 4.90 Å². The Hall–Kier alpha value is -1.31. The van der Waals surface area contributed by atoms with E-state index < -0.39 is 10.0 Å². The highest BCUT2D eigenvalue weighted by molar-refractivity contribution is 7.89. The van der Waals surface area contributed by atoms with Crippen molar-refractivity contribution in [2.24, 2.45) is 5.14 Å². The van der Waals surface area contributed by atoms with E-state index in [-0.39, 0.29) is 17.1 Å². The molecule has 0 aromatic heterocycles. The summed E-state index contributed by atoms with van der Waals surface area (Å²) in [6.07, 6.45) is 0.172. The van der Waals surface area contributed by atoms with Crippen molar-refractivity contribution in [3.8, 4) is 0 Å². The van der Waals surface area contributed by atoms with Crippen LogP contribution < -0.4 is 15.8 Å².